The maximum absolute atomic E-state index is 13.2. The Morgan fingerprint density at radius 2 is 1.93 bits per heavy atom. The zero-order valence-corrected chi connectivity index (χ0v) is 8.34. The van der Waals surface area contributed by atoms with Gasteiger partial charge in [-0.15, -0.1) is 0 Å². The number of rotatable bonds is 2. The van der Waals surface area contributed by atoms with Crippen LogP contribution in [0.3, 0.4) is 0 Å². The number of benzene rings is 1. The van der Waals surface area contributed by atoms with Crippen molar-refractivity contribution in [2.24, 2.45) is 0 Å². The number of halogens is 1. The number of aliphatic hydroxyl groups is 1. The summed E-state index contributed by atoms with van der Waals surface area (Å²) in [6, 6.07) is 2.21. The molecule has 0 atom stereocenters. The SMILES string of the molecule is COc1cc(O)c(C(C)(C)O)cc1F. The molecule has 0 spiro atoms. The molecule has 2 N–H and O–H groups in total. The first-order valence-corrected chi connectivity index (χ1v) is 4.15. The summed E-state index contributed by atoms with van der Waals surface area (Å²) in [6.07, 6.45) is 0. The highest BCUT2D eigenvalue weighted by Gasteiger charge is 2.22. The molecule has 0 aliphatic rings. The van der Waals surface area contributed by atoms with Gasteiger partial charge >= 0.3 is 0 Å². The van der Waals surface area contributed by atoms with Gasteiger partial charge in [-0.2, -0.15) is 0 Å². The van der Waals surface area contributed by atoms with Gasteiger partial charge in [0.05, 0.1) is 12.7 Å². The molecule has 1 rings (SSSR count). The summed E-state index contributed by atoms with van der Waals surface area (Å²) >= 11 is 0. The van der Waals surface area contributed by atoms with Gasteiger partial charge < -0.3 is 14.9 Å². The normalized spacial score (nSPS) is 11.5. The fourth-order valence-corrected chi connectivity index (χ4v) is 1.19. The number of hydrogen-bond donors (Lipinski definition) is 2. The van der Waals surface area contributed by atoms with Gasteiger partial charge in [-0.1, -0.05) is 0 Å². The fraction of sp³-hybridized carbons (Fsp3) is 0.400. The van der Waals surface area contributed by atoms with Crippen LogP contribution in [-0.4, -0.2) is 17.3 Å². The Bertz CT molecular complexity index is 342. The van der Waals surface area contributed by atoms with E-state index in [-0.39, 0.29) is 17.1 Å². The van der Waals surface area contributed by atoms with E-state index in [2.05, 4.69) is 4.74 Å². The summed E-state index contributed by atoms with van der Waals surface area (Å²) in [5, 5.41) is 19.1. The smallest absolute Gasteiger partial charge is 0.165 e. The van der Waals surface area contributed by atoms with E-state index < -0.39 is 11.4 Å². The number of phenolic OH excluding ortho intramolecular Hbond substituents is 1. The van der Waals surface area contributed by atoms with Crippen molar-refractivity contribution in [1.29, 1.82) is 0 Å². The molecule has 0 radical (unpaired) electrons. The van der Waals surface area contributed by atoms with Crippen LogP contribution in [0.5, 0.6) is 11.5 Å². The molecule has 4 heteroatoms. The summed E-state index contributed by atoms with van der Waals surface area (Å²) in [5.74, 6) is -0.839. The van der Waals surface area contributed by atoms with Crippen LogP contribution in [0.2, 0.25) is 0 Å². The van der Waals surface area contributed by atoms with Crippen molar-refractivity contribution in [3.63, 3.8) is 0 Å². The maximum Gasteiger partial charge on any atom is 0.165 e. The average Bonchev–Trinajstić information content (AvgIpc) is 2.06. The van der Waals surface area contributed by atoms with Gasteiger partial charge in [-0.25, -0.2) is 4.39 Å². The van der Waals surface area contributed by atoms with E-state index in [0.29, 0.717) is 0 Å². The summed E-state index contributed by atoms with van der Waals surface area (Å²) in [4.78, 5) is 0. The molecule has 0 bridgehead atoms. The molecule has 0 aliphatic carbocycles. The molecule has 0 aromatic heterocycles. The minimum absolute atomic E-state index is 0.0458. The second kappa shape index (κ2) is 3.46. The molecule has 14 heavy (non-hydrogen) atoms. The summed E-state index contributed by atoms with van der Waals surface area (Å²) in [7, 11) is 1.31. The maximum atomic E-state index is 13.2. The summed E-state index contributed by atoms with van der Waals surface area (Å²) in [6.45, 7) is 2.93. The Morgan fingerprint density at radius 1 is 1.36 bits per heavy atom. The Kier molecular flexibility index (Phi) is 2.66. The van der Waals surface area contributed by atoms with Crippen LogP contribution in [0.25, 0.3) is 0 Å². The molecule has 0 saturated heterocycles. The Balaban J connectivity index is 3.29. The zero-order chi connectivity index (χ0) is 10.9. The van der Waals surface area contributed by atoms with Gasteiger partial charge in [0.15, 0.2) is 11.6 Å². The molecule has 0 unspecified atom stereocenters. The van der Waals surface area contributed by atoms with E-state index in [0.717, 1.165) is 12.1 Å². The third kappa shape index (κ3) is 1.96. The van der Waals surface area contributed by atoms with Gasteiger partial charge in [0.25, 0.3) is 0 Å². The predicted molar refractivity (Wildman–Crippen MR) is 49.9 cm³/mol. The van der Waals surface area contributed by atoms with Gasteiger partial charge in [0, 0.05) is 11.6 Å². The van der Waals surface area contributed by atoms with Crippen molar-refractivity contribution < 1.29 is 19.3 Å². The van der Waals surface area contributed by atoms with Crippen molar-refractivity contribution in [2.45, 2.75) is 19.4 Å². The minimum Gasteiger partial charge on any atom is -0.507 e. The van der Waals surface area contributed by atoms with E-state index in [4.69, 9.17) is 0 Å². The van der Waals surface area contributed by atoms with Crippen LogP contribution in [0.4, 0.5) is 4.39 Å². The second-order valence-electron chi connectivity index (χ2n) is 3.56. The number of ether oxygens (including phenoxy) is 1. The van der Waals surface area contributed by atoms with E-state index in [9.17, 15) is 14.6 Å². The van der Waals surface area contributed by atoms with Gasteiger partial charge in [-0.3, -0.25) is 0 Å². The molecule has 1 aromatic carbocycles. The van der Waals surface area contributed by atoms with Crippen LogP contribution < -0.4 is 4.74 Å². The standard InChI is InChI=1S/C10H13FO3/c1-10(2,13)6-4-7(11)9(14-3)5-8(6)12/h4-5,12-13H,1-3H3. The molecule has 0 amide bonds. The highest BCUT2D eigenvalue weighted by molar-refractivity contribution is 5.43. The van der Waals surface area contributed by atoms with Crippen LogP contribution in [-0.2, 0) is 5.60 Å². The highest BCUT2D eigenvalue weighted by Crippen LogP contribution is 2.33. The predicted octanol–water partition coefficient (Wildman–Crippen LogP) is 1.77. The first-order chi connectivity index (χ1) is 6.36. The van der Waals surface area contributed by atoms with Crippen molar-refractivity contribution in [3.05, 3.63) is 23.5 Å². The zero-order valence-electron chi connectivity index (χ0n) is 8.34. The molecular weight excluding hydrogens is 187 g/mol. The Hall–Kier alpha value is -1.29. The fourth-order valence-electron chi connectivity index (χ4n) is 1.19. The van der Waals surface area contributed by atoms with E-state index in [1.165, 1.54) is 21.0 Å². The van der Waals surface area contributed by atoms with E-state index in [1.807, 2.05) is 0 Å². The van der Waals surface area contributed by atoms with Crippen molar-refractivity contribution in [3.8, 4) is 11.5 Å². The lowest BCUT2D eigenvalue weighted by molar-refractivity contribution is 0.0753. The molecule has 0 aliphatic heterocycles. The van der Waals surface area contributed by atoms with Crippen LogP contribution in [0, 0.1) is 5.82 Å². The van der Waals surface area contributed by atoms with Crippen LogP contribution >= 0.6 is 0 Å². The monoisotopic (exact) mass is 200 g/mol. The Morgan fingerprint density at radius 3 is 2.36 bits per heavy atom. The summed E-state index contributed by atoms with van der Waals surface area (Å²) < 4.78 is 17.9. The molecule has 0 saturated carbocycles. The van der Waals surface area contributed by atoms with Crippen LogP contribution in [0.1, 0.15) is 19.4 Å². The lowest BCUT2D eigenvalue weighted by Gasteiger charge is -2.19. The first-order valence-electron chi connectivity index (χ1n) is 4.15. The summed E-state index contributed by atoms with van der Waals surface area (Å²) in [5.41, 5.74) is -1.15. The van der Waals surface area contributed by atoms with Crippen molar-refractivity contribution in [2.75, 3.05) is 7.11 Å². The van der Waals surface area contributed by atoms with Gasteiger partial charge in [-0.05, 0) is 19.9 Å². The average molecular weight is 200 g/mol. The minimum atomic E-state index is -1.28. The largest absolute Gasteiger partial charge is 0.507 e. The molecule has 3 nitrogen and oxygen atoms in total. The number of methoxy groups -OCH3 is 1. The third-order valence-electron chi connectivity index (χ3n) is 1.93. The molecular formula is C10H13FO3. The third-order valence-corrected chi connectivity index (χ3v) is 1.93. The quantitative estimate of drug-likeness (QED) is 0.764. The number of hydrogen-bond acceptors (Lipinski definition) is 3. The first kappa shape index (κ1) is 10.8. The van der Waals surface area contributed by atoms with Gasteiger partial charge in [0.1, 0.15) is 5.75 Å². The van der Waals surface area contributed by atoms with Crippen molar-refractivity contribution >= 4 is 0 Å². The highest BCUT2D eigenvalue weighted by atomic mass is 19.1. The molecule has 0 fully saturated rings. The molecule has 1 aromatic rings. The lowest BCUT2D eigenvalue weighted by atomic mass is 9.97. The lowest BCUT2D eigenvalue weighted by Crippen LogP contribution is -2.16. The Labute approximate surface area is 81.8 Å². The molecule has 0 heterocycles. The van der Waals surface area contributed by atoms with Gasteiger partial charge in [0.2, 0.25) is 0 Å². The number of aromatic hydroxyl groups is 1. The van der Waals surface area contributed by atoms with E-state index in [1.54, 1.807) is 0 Å². The van der Waals surface area contributed by atoms with E-state index >= 15 is 0 Å². The number of phenols is 1. The molecule has 78 valence electrons. The topological polar surface area (TPSA) is 49.7 Å². The second-order valence-corrected chi connectivity index (χ2v) is 3.56. The van der Waals surface area contributed by atoms with Crippen molar-refractivity contribution in [1.82, 2.24) is 0 Å². The van der Waals surface area contributed by atoms with Crippen LogP contribution in [0.15, 0.2) is 12.1 Å².